The van der Waals surface area contributed by atoms with Gasteiger partial charge in [0.05, 0.1) is 13.2 Å². The van der Waals surface area contributed by atoms with Crippen LogP contribution in [-0.4, -0.2) is 66.9 Å². The van der Waals surface area contributed by atoms with Crippen molar-refractivity contribution in [2.45, 2.75) is 26.2 Å². The number of unbranched alkanes of at least 4 members (excludes halogenated alkanes) is 2. The zero-order valence-corrected chi connectivity index (χ0v) is 13.9. The number of rotatable bonds is 9. The predicted octanol–water partition coefficient (Wildman–Crippen LogP) is 1.14. The molecule has 0 bridgehead atoms. The monoisotopic (exact) mass is 321 g/mol. The minimum Gasteiger partial charge on any atom is -0.379 e. The number of nitrogens with zero attached hydrogens (tertiary/aromatic N) is 3. The minimum atomic E-state index is -0.178. The lowest BCUT2D eigenvalue weighted by atomic mass is 10.2. The first-order valence-electron chi connectivity index (χ1n) is 8.45. The molecule has 2 rings (SSSR count). The van der Waals surface area contributed by atoms with E-state index in [0.717, 1.165) is 45.8 Å². The molecule has 1 fully saturated rings. The highest BCUT2D eigenvalue weighted by Crippen LogP contribution is 2.03. The van der Waals surface area contributed by atoms with Crippen LogP contribution < -0.4 is 10.6 Å². The number of hydrogen-bond acceptors (Lipinski definition) is 6. The van der Waals surface area contributed by atoms with Crippen LogP contribution >= 0.6 is 0 Å². The maximum Gasteiger partial charge on any atom is 0.271 e. The second-order valence-corrected chi connectivity index (χ2v) is 5.65. The standard InChI is InChI=1S/C16H27N5O2/c1-2-3-4-7-17-15-6-5-14(19-20-15)16(22)18-8-9-21-10-12-23-13-11-21/h5-6H,2-4,7-13H2,1H3,(H,17,20)(H,18,22). The van der Waals surface area contributed by atoms with Crippen LogP contribution in [0.5, 0.6) is 0 Å². The van der Waals surface area contributed by atoms with E-state index in [4.69, 9.17) is 4.74 Å². The largest absolute Gasteiger partial charge is 0.379 e. The first-order chi connectivity index (χ1) is 11.3. The summed E-state index contributed by atoms with van der Waals surface area (Å²) >= 11 is 0. The van der Waals surface area contributed by atoms with Crippen molar-refractivity contribution in [3.63, 3.8) is 0 Å². The number of amides is 1. The van der Waals surface area contributed by atoms with Gasteiger partial charge in [0.15, 0.2) is 5.69 Å². The zero-order valence-electron chi connectivity index (χ0n) is 13.9. The lowest BCUT2D eigenvalue weighted by Crippen LogP contribution is -2.41. The predicted molar refractivity (Wildman–Crippen MR) is 89.6 cm³/mol. The molecule has 0 aliphatic carbocycles. The van der Waals surface area contributed by atoms with Gasteiger partial charge in [-0.2, -0.15) is 0 Å². The summed E-state index contributed by atoms with van der Waals surface area (Å²) < 4.78 is 5.30. The van der Waals surface area contributed by atoms with Crippen LogP contribution in [0, 0.1) is 0 Å². The normalized spacial score (nSPS) is 15.3. The molecule has 23 heavy (non-hydrogen) atoms. The van der Waals surface area contributed by atoms with E-state index in [2.05, 4.69) is 32.7 Å². The summed E-state index contributed by atoms with van der Waals surface area (Å²) in [6.07, 6.45) is 3.50. The topological polar surface area (TPSA) is 79.4 Å². The van der Waals surface area contributed by atoms with Crippen molar-refractivity contribution >= 4 is 11.7 Å². The molecular weight excluding hydrogens is 294 g/mol. The Morgan fingerprint density at radius 2 is 2.04 bits per heavy atom. The van der Waals surface area contributed by atoms with Crippen molar-refractivity contribution in [3.05, 3.63) is 17.8 Å². The highest BCUT2D eigenvalue weighted by Gasteiger charge is 2.11. The summed E-state index contributed by atoms with van der Waals surface area (Å²) in [4.78, 5) is 14.3. The summed E-state index contributed by atoms with van der Waals surface area (Å²) in [7, 11) is 0. The fourth-order valence-electron chi connectivity index (χ4n) is 2.38. The number of carbonyl (C=O) groups excluding carboxylic acids is 1. The van der Waals surface area contributed by atoms with E-state index in [9.17, 15) is 4.79 Å². The van der Waals surface area contributed by atoms with Crippen molar-refractivity contribution in [2.75, 3.05) is 51.3 Å². The maximum atomic E-state index is 12.0. The van der Waals surface area contributed by atoms with E-state index in [1.807, 2.05) is 0 Å². The van der Waals surface area contributed by atoms with Crippen LogP contribution in [0.3, 0.4) is 0 Å². The molecule has 2 N–H and O–H groups in total. The van der Waals surface area contributed by atoms with Crippen LogP contribution in [-0.2, 0) is 4.74 Å². The Hall–Kier alpha value is -1.73. The van der Waals surface area contributed by atoms with E-state index >= 15 is 0 Å². The molecule has 1 aliphatic heterocycles. The molecule has 1 saturated heterocycles. The molecule has 0 saturated carbocycles. The molecule has 0 unspecified atom stereocenters. The Morgan fingerprint density at radius 1 is 1.22 bits per heavy atom. The number of ether oxygens (including phenoxy) is 1. The number of carbonyl (C=O) groups is 1. The fourth-order valence-corrected chi connectivity index (χ4v) is 2.38. The van der Waals surface area contributed by atoms with Crippen LogP contribution in [0.4, 0.5) is 5.82 Å². The molecule has 128 valence electrons. The molecule has 1 aliphatic rings. The quantitative estimate of drug-likeness (QED) is 0.664. The van der Waals surface area contributed by atoms with Crippen molar-refractivity contribution in [1.82, 2.24) is 20.4 Å². The van der Waals surface area contributed by atoms with Crippen molar-refractivity contribution < 1.29 is 9.53 Å². The van der Waals surface area contributed by atoms with Gasteiger partial charge in [0.2, 0.25) is 0 Å². The Balaban J connectivity index is 1.67. The highest BCUT2D eigenvalue weighted by atomic mass is 16.5. The van der Waals surface area contributed by atoms with Crippen molar-refractivity contribution in [2.24, 2.45) is 0 Å². The van der Waals surface area contributed by atoms with Gasteiger partial charge >= 0.3 is 0 Å². The minimum absolute atomic E-state index is 0.178. The highest BCUT2D eigenvalue weighted by molar-refractivity contribution is 5.92. The zero-order chi connectivity index (χ0) is 16.3. The van der Waals surface area contributed by atoms with E-state index in [0.29, 0.717) is 18.1 Å². The molecule has 0 spiro atoms. The SMILES string of the molecule is CCCCCNc1ccc(C(=O)NCCN2CCOCC2)nn1. The molecule has 7 heteroatoms. The number of nitrogens with one attached hydrogen (secondary N) is 2. The molecule has 1 aromatic rings. The van der Waals surface area contributed by atoms with E-state index in [1.54, 1.807) is 12.1 Å². The van der Waals surface area contributed by atoms with Gasteiger partial charge in [-0.05, 0) is 18.6 Å². The molecule has 2 heterocycles. The molecule has 7 nitrogen and oxygen atoms in total. The van der Waals surface area contributed by atoms with Gasteiger partial charge in [0, 0.05) is 32.7 Å². The first-order valence-corrected chi connectivity index (χ1v) is 8.45. The van der Waals surface area contributed by atoms with Gasteiger partial charge in [0.1, 0.15) is 5.82 Å². The van der Waals surface area contributed by atoms with Gasteiger partial charge in [-0.15, -0.1) is 10.2 Å². The average Bonchev–Trinajstić information content (AvgIpc) is 2.60. The summed E-state index contributed by atoms with van der Waals surface area (Å²) in [6.45, 7) is 7.89. The summed E-state index contributed by atoms with van der Waals surface area (Å²) in [5.74, 6) is 0.536. The van der Waals surface area contributed by atoms with Crippen LogP contribution in [0.25, 0.3) is 0 Å². The lowest BCUT2D eigenvalue weighted by Gasteiger charge is -2.26. The number of morpholine rings is 1. The summed E-state index contributed by atoms with van der Waals surface area (Å²) in [6, 6.07) is 3.51. The molecule has 0 radical (unpaired) electrons. The third-order valence-electron chi connectivity index (χ3n) is 3.80. The van der Waals surface area contributed by atoms with Crippen molar-refractivity contribution in [3.8, 4) is 0 Å². The third kappa shape index (κ3) is 6.50. The third-order valence-corrected chi connectivity index (χ3v) is 3.80. The Kier molecular flexibility index (Phi) is 7.75. The second-order valence-electron chi connectivity index (χ2n) is 5.65. The lowest BCUT2D eigenvalue weighted by molar-refractivity contribution is 0.0383. The van der Waals surface area contributed by atoms with Gasteiger partial charge in [0.25, 0.3) is 5.91 Å². The smallest absolute Gasteiger partial charge is 0.271 e. The van der Waals surface area contributed by atoms with Gasteiger partial charge < -0.3 is 15.4 Å². The maximum absolute atomic E-state index is 12.0. The molecule has 1 amide bonds. The van der Waals surface area contributed by atoms with Gasteiger partial charge in [-0.1, -0.05) is 19.8 Å². The Labute approximate surface area is 137 Å². The molecular formula is C16H27N5O2. The number of anilines is 1. The number of hydrogen-bond donors (Lipinski definition) is 2. The first kappa shape index (κ1) is 17.6. The van der Waals surface area contributed by atoms with Crippen LogP contribution in [0.1, 0.15) is 36.7 Å². The van der Waals surface area contributed by atoms with Gasteiger partial charge in [-0.3, -0.25) is 9.69 Å². The van der Waals surface area contributed by atoms with Crippen molar-refractivity contribution in [1.29, 1.82) is 0 Å². The summed E-state index contributed by atoms with van der Waals surface area (Å²) in [5.41, 5.74) is 0.353. The second kappa shape index (κ2) is 10.1. The summed E-state index contributed by atoms with van der Waals surface area (Å²) in [5, 5.41) is 14.1. The Bertz CT molecular complexity index is 460. The van der Waals surface area contributed by atoms with Crippen LogP contribution in [0.2, 0.25) is 0 Å². The number of aromatic nitrogens is 2. The average molecular weight is 321 g/mol. The van der Waals surface area contributed by atoms with Gasteiger partial charge in [-0.25, -0.2) is 0 Å². The fraction of sp³-hybridized carbons (Fsp3) is 0.688. The Morgan fingerprint density at radius 3 is 2.74 bits per heavy atom. The van der Waals surface area contributed by atoms with E-state index < -0.39 is 0 Å². The molecule has 0 aromatic carbocycles. The molecule has 1 aromatic heterocycles. The molecule has 0 atom stereocenters. The van der Waals surface area contributed by atoms with Crippen LogP contribution in [0.15, 0.2) is 12.1 Å². The van der Waals surface area contributed by atoms with E-state index in [-0.39, 0.29) is 5.91 Å². The van der Waals surface area contributed by atoms with E-state index in [1.165, 1.54) is 12.8 Å².